The van der Waals surface area contributed by atoms with Crippen molar-refractivity contribution in [2.75, 3.05) is 12.9 Å². The molecule has 1 aromatic heterocycles. The SMILES string of the molecule is COC1CCCC1n1c(SCC(=O)O)nc2ccccc21. The van der Waals surface area contributed by atoms with Gasteiger partial charge in [0.25, 0.3) is 0 Å². The molecule has 2 atom stereocenters. The van der Waals surface area contributed by atoms with E-state index in [2.05, 4.69) is 9.55 Å². The Kier molecular flexibility index (Phi) is 4.17. The molecule has 2 unspecified atom stereocenters. The van der Waals surface area contributed by atoms with Crippen molar-refractivity contribution in [2.45, 2.75) is 36.6 Å². The molecule has 1 aromatic carbocycles. The highest BCUT2D eigenvalue weighted by molar-refractivity contribution is 7.99. The lowest BCUT2D eigenvalue weighted by Gasteiger charge is -2.22. The van der Waals surface area contributed by atoms with E-state index in [1.54, 1.807) is 7.11 Å². The predicted molar refractivity (Wildman–Crippen MR) is 81.8 cm³/mol. The Balaban J connectivity index is 2.04. The standard InChI is InChI=1S/C15H18N2O3S/c1-20-13-8-4-7-12(13)17-11-6-3-2-5-10(11)16-15(17)21-9-14(18)19/h2-3,5-6,12-13H,4,7-9H2,1H3,(H,18,19). The molecule has 2 aromatic rings. The summed E-state index contributed by atoms with van der Waals surface area (Å²) < 4.78 is 7.77. The molecular weight excluding hydrogens is 288 g/mol. The summed E-state index contributed by atoms with van der Waals surface area (Å²) in [4.78, 5) is 15.5. The van der Waals surface area contributed by atoms with Crippen LogP contribution in [0.1, 0.15) is 25.3 Å². The van der Waals surface area contributed by atoms with Gasteiger partial charge in [0.15, 0.2) is 5.16 Å². The maximum absolute atomic E-state index is 10.9. The summed E-state index contributed by atoms with van der Waals surface area (Å²) >= 11 is 1.28. The fraction of sp³-hybridized carbons (Fsp3) is 0.467. The van der Waals surface area contributed by atoms with Crippen LogP contribution in [0.2, 0.25) is 0 Å². The largest absolute Gasteiger partial charge is 0.481 e. The molecular formula is C15H18N2O3S. The molecule has 1 N–H and O–H groups in total. The highest BCUT2D eigenvalue weighted by Gasteiger charge is 2.31. The summed E-state index contributed by atoms with van der Waals surface area (Å²) in [7, 11) is 1.74. The van der Waals surface area contributed by atoms with Crippen molar-refractivity contribution in [3.63, 3.8) is 0 Å². The van der Waals surface area contributed by atoms with Gasteiger partial charge in [-0.05, 0) is 31.4 Å². The third-order valence-corrected chi connectivity index (χ3v) is 4.88. The number of hydrogen-bond acceptors (Lipinski definition) is 4. The minimum Gasteiger partial charge on any atom is -0.481 e. The molecule has 5 nitrogen and oxygen atoms in total. The number of imidazole rings is 1. The Morgan fingerprint density at radius 3 is 3.05 bits per heavy atom. The fourth-order valence-electron chi connectivity index (χ4n) is 3.05. The van der Waals surface area contributed by atoms with Crippen molar-refractivity contribution in [3.8, 4) is 0 Å². The van der Waals surface area contributed by atoms with Gasteiger partial charge in [-0.1, -0.05) is 23.9 Å². The smallest absolute Gasteiger partial charge is 0.313 e. The number of carboxylic acids is 1. The average molecular weight is 306 g/mol. The third-order valence-electron chi connectivity index (χ3n) is 3.94. The van der Waals surface area contributed by atoms with Crippen LogP contribution in [0.5, 0.6) is 0 Å². The number of rotatable bonds is 5. The first-order valence-corrected chi connectivity index (χ1v) is 8.03. The molecule has 6 heteroatoms. The lowest BCUT2D eigenvalue weighted by atomic mass is 10.2. The number of carbonyl (C=O) groups is 1. The number of nitrogens with zero attached hydrogens (tertiary/aromatic N) is 2. The summed E-state index contributed by atoms with van der Waals surface area (Å²) in [5.74, 6) is -0.804. The molecule has 112 valence electrons. The van der Waals surface area contributed by atoms with Crippen LogP contribution in [-0.4, -0.2) is 39.6 Å². The maximum Gasteiger partial charge on any atom is 0.313 e. The van der Waals surface area contributed by atoms with Crippen LogP contribution in [0.4, 0.5) is 0 Å². The first-order valence-electron chi connectivity index (χ1n) is 7.05. The number of aromatic nitrogens is 2. The molecule has 1 aliphatic rings. The van der Waals surface area contributed by atoms with Crippen LogP contribution in [-0.2, 0) is 9.53 Å². The Hall–Kier alpha value is -1.53. The van der Waals surface area contributed by atoms with Gasteiger partial charge in [0.2, 0.25) is 0 Å². The number of methoxy groups -OCH3 is 1. The van der Waals surface area contributed by atoms with Gasteiger partial charge in [-0.2, -0.15) is 0 Å². The van der Waals surface area contributed by atoms with Crippen LogP contribution in [0.15, 0.2) is 29.4 Å². The highest BCUT2D eigenvalue weighted by Crippen LogP contribution is 2.38. The highest BCUT2D eigenvalue weighted by atomic mass is 32.2. The van der Waals surface area contributed by atoms with Gasteiger partial charge in [-0.3, -0.25) is 4.79 Å². The van der Waals surface area contributed by atoms with Crippen LogP contribution in [0.3, 0.4) is 0 Å². The van der Waals surface area contributed by atoms with Crippen molar-refractivity contribution >= 4 is 28.8 Å². The number of carboxylic acid groups (broad SMARTS) is 1. The van der Waals surface area contributed by atoms with Gasteiger partial charge in [0.05, 0.1) is 28.9 Å². The molecule has 0 amide bonds. The minimum absolute atomic E-state index is 0.0215. The monoisotopic (exact) mass is 306 g/mol. The van der Waals surface area contributed by atoms with E-state index in [9.17, 15) is 4.79 Å². The number of hydrogen-bond donors (Lipinski definition) is 1. The van der Waals surface area contributed by atoms with Crippen LogP contribution in [0.25, 0.3) is 11.0 Å². The molecule has 1 saturated carbocycles. The summed E-state index contributed by atoms with van der Waals surface area (Å²) in [5, 5.41) is 9.69. The van der Waals surface area contributed by atoms with E-state index in [0.717, 1.165) is 35.5 Å². The summed E-state index contributed by atoms with van der Waals surface area (Å²) in [6, 6.07) is 8.18. The van der Waals surface area contributed by atoms with Gasteiger partial charge in [0, 0.05) is 7.11 Å². The van der Waals surface area contributed by atoms with Crippen LogP contribution in [0, 0.1) is 0 Å². The predicted octanol–water partition coefficient (Wildman–Crippen LogP) is 2.95. The summed E-state index contributed by atoms with van der Waals surface area (Å²) in [5.41, 5.74) is 1.96. The normalized spacial score (nSPS) is 22.0. The van der Waals surface area contributed by atoms with Gasteiger partial charge in [0.1, 0.15) is 0 Å². The quantitative estimate of drug-likeness (QED) is 0.860. The molecule has 0 radical (unpaired) electrons. The van der Waals surface area contributed by atoms with Crippen molar-refractivity contribution in [3.05, 3.63) is 24.3 Å². The van der Waals surface area contributed by atoms with Crippen molar-refractivity contribution < 1.29 is 14.6 Å². The Labute approximate surface area is 127 Å². The molecule has 0 aliphatic heterocycles. The Morgan fingerprint density at radius 1 is 1.48 bits per heavy atom. The molecule has 0 bridgehead atoms. The molecule has 1 heterocycles. The van der Waals surface area contributed by atoms with E-state index >= 15 is 0 Å². The third kappa shape index (κ3) is 2.78. The molecule has 1 fully saturated rings. The van der Waals surface area contributed by atoms with Crippen molar-refractivity contribution in [2.24, 2.45) is 0 Å². The van der Waals surface area contributed by atoms with Gasteiger partial charge < -0.3 is 14.4 Å². The van der Waals surface area contributed by atoms with E-state index in [4.69, 9.17) is 9.84 Å². The van der Waals surface area contributed by atoms with E-state index in [0.29, 0.717) is 0 Å². The number of benzene rings is 1. The number of thioether (sulfide) groups is 1. The topological polar surface area (TPSA) is 64.3 Å². The molecule has 0 spiro atoms. The van der Waals surface area contributed by atoms with E-state index < -0.39 is 5.97 Å². The first kappa shape index (κ1) is 14.4. The minimum atomic E-state index is -0.826. The second-order valence-corrected chi connectivity index (χ2v) is 6.15. The molecule has 1 aliphatic carbocycles. The molecule has 3 rings (SSSR count). The second-order valence-electron chi connectivity index (χ2n) is 5.21. The summed E-state index contributed by atoms with van der Waals surface area (Å²) in [6.45, 7) is 0. The number of ether oxygens (including phenoxy) is 1. The van der Waals surface area contributed by atoms with Gasteiger partial charge in [-0.25, -0.2) is 4.98 Å². The van der Waals surface area contributed by atoms with E-state index in [-0.39, 0.29) is 17.9 Å². The van der Waals surface area contributed by atoms with Crippen molar-refractivity contribution in [1.82, 2.24) is 9.55 Å². The maximum atomic E-state index is 10.9. The first-order chi connectivity index (χ1) is 10.2. The average Bonchev–Trinajstić information content (AvgIpc) is 3.07. The summed E-state index contributed by atoms with van der Waals surface area (Å²) in [6.07, 6.45) is 3.38. The zero-order valence-corrected chi connectivity index (χ0v) is 12.7. The lowest BCUT2D eigenvalue weighted by Crippen LogP contribution is -2.21. The zero-order valence-electron chi connectivity index (χ0n) is 11.9. The van der Waals surface area contributed by atoms with Crippen LogP contribution < -0.4 is 0 Å². The Bertz CT molecular complexity index is 655. The molecule has 21 heavy (non-hydrogen) atoms. The van der Waals surface area contributed by atoms with E-state index in [1.807, 2.05) is 24.3 Å². The Morgan fingerprint density at radius 2 is 2.29 bits per heavy atom. The van der Waals surface area contributed by atoms with Gasteiger partial charge >= 0.3 is 5.97 Å². The lowest BCUT2D eigenvalue weighted by molar-refractivity contribution is -0.133. The van der Waals surface area contributed by atoms with Gasteiger partial charge in [-0.15, -0.1) is 0 Å². The zero-order chi connectivity index (χ0) is 14.8. The molecule has 0 saturated heterocycles. The number of fused-ring (bicyclic) bond motifs is 1. The van der Waals surface area contributed by atoms with E-state index in [1.165, 1.54) is 11.8 Å². The fourth-order valence-corrected chi connectivity index (χ4v) is 3.84. The van der Waals surface area contributed by atoms with Crippen LogP contribution >= 0.6 is 11.8 Å². The second kappa shape index (κ2) is 6.07. The number of aliphatic carboxylic acids is 1. The van der Waals surface area contributed by atoms with Crippen molar-refractivity contribution in [1.29, 1.82) is 0 Å². The number of para-hydroxylation sites is 2.